The highest BCUT2D eigenvalue weighted by atomic mass is 16.1. The molecule has 23 heavy (non-hydrogen) atoms. The van der Waals surface area contributed by atoms with Gasteiger partial charge in [-0.25, -0.2) is 0 Å². The molecule has 0 bridgehead atoms. The van der Waals surface area contributed by atoms with Crippen molar-refractivity contribution >= 4 is 5.78 Å². The summed E-state index contributed by atoms with van der Waals surface area (Å²) < 4.78 is 0. The van der Waals surface area contributed by atoms with Gasteiger partial charge in [0, 0.05) is 12.5 Å². The van der Waals surface area contributed by atoms with Gasteiger partial charge in [-0.05, 0) is 61.9 Å². The number of Topliss-reactive ketones (excluding diaryl/α,β-unsaturated/α-hetero) is 1. The van der Waals surface area contributed by atoms with Gasteiger partial charge in [0.25, 0.3) is 0 Å². The number of allylic oxidation sites excluding steroid dienone is 2. The van der Waals surface area contributed by atoms with Gasteiger partial charge in [0.2, 0.25) is 0 Å². The average molecular weight is 313 g/mol. The van der Waals surface area contributed by atoms with E-state index in [1.807, 2.05) is 14.1 Å². The molecular formula is C21H31NO. The van der Waals surface area contributed by atoms with Gasteiger partial charge < -0.3 is 4.90 Å². The van der Waals surface area contributed by atoms with E-state index in [0.29, 0.717) is 17.6 Å². The van der Waals surface area contributed by atoms with Crippen molar-refractivity contribution in [2.75, 3.05) is 20.6 Å². The van der Waals surface area contributed by atoms with Crippen LogP contribution < -0.4 is 0 Å². The summed E-state index contributed by atoms with van der Waals surface area (Å²) in [6.07, 6.45) is 5.07. The molecule has 0 unspecified atom stereocenters. The highest BCUT2D eigenvalue weighted by Crippen LogP contribution is 2.30. The number of hydrogen-bond donors (Lipinski definition) is 0. The Morgan fingerprint density at radius 3 is 2.30 bits per heavy atom. The standard InChI is InChI=1S/C21H31NO/c1-15(2)12-17-6-8-18(9-7-17)16(3)13-19-10-11-20(21(19)23)14-22(4)5/h6-10,15-16,20H,11-14H2,1-5H3/t16-,20-/m1/s1. The fraction of sp³-hybridized carbons (Fsp3) is 0.571. The Kier molecular flexibility index (Phi) is 6.17. The average Bonchev–Trinajstić information content (AvgIpc) is 2.80. The van der Waals surface area contributed by atoms with Gasteiger partial charge in [-0.3, -0.25) is 4.79 Å². The van der Waals surface area contributed by atoms with Crippen LogP contribution in [0.15, 0.2) is 35.9 Å². The second-order valence-corrected chi connectivity index (χ2v) is 7.73. The number of carbonyl (C=O) groups excluding carboxylic acids is 1. The highest BCUT2D eigenvalue weighted by molar-refractivity contribution is 5.99. The monoisotopic (exact) mass is 313 g/mol. The maximum Gasteiger partial charge on any atom is 0.163 e. The van der Waals surface area contributed by atoms with E-state index in [0.717, 1.165) is 31.4 Å². The van der Waals surface area contributed by atoms with Gasteiger partial charge in [-0.15, -0.1) is 0 Å². The van der Waals surface area contributed by atoms with Crippen LogP contribution in [0, 0.1) is 11.8 Å². The lowest BCUT2D eigenvalue weighted by Gasteiger charge is -2.17. The van der Waals surface area contributed by atoms with Crippen molar-refractivity contribution in [1.82, 2.24) is 4.90 Å². The van der Waals surface area contributed by atoms with Crippen LogP contribution in [0.5, 0.6) is 0 Å². The van der Waals surface area contributed by atoms with Gasteiger partial charge in [0.05, 0.1) is 0 Å². The van der Waals surface area contributed by atoms with E-state index >= 15 is 0 Å². The molecule has 1 aromatic rings. The summed E-state index contributed by atoms with van der Waals surface area (Å²) in [5, 5.41) is 0. The van der Waals surface area contributed by atoms with E-state index in [1.54, 1.807) is 0 Å². The first-order chi connectivity index (χ1) is 10.9. The molecule has 0 saturated heterocycles. The first kappa shape index (κ1) is 17.9. The van der Waals surface area contributed by atoms with Crippen LogP contribution in [0.3, 0.4) is 0 Å². The lowest BCUT2D eigenvalue weighted by atomic mass is 9.90. The number of hydrogen-bond acceptors (Lipinski definition) is 2. The Balaban J connectivity index is 1.94. The van der Waals surface area contributed by atoms with Crippen LogP contribution in [0.25, 0.3) is 0 Å². The SMILES string of the molecule is CC(C)Cc1ccc([C@H](C)CC2=CC[C@H](CN(C)C)C2=O)cc1. The van der Waals surface area contributed by atoms with Crippen molar-refractivity contribution < 1.29 is 4.79 Å². The van der Waals surface area contributed by atoms with Gasteiger partial charge in [0.1, 0.15) is 0 Å². The second kappa shape index (κ2) is 7.92. The predicted octanol–water partition coefficient (Wildman–Crippen LogP) is 4.46. The van der Waals surface area contributed by atoms with Crippen LogP contribution >= 0.6 is 0 Å². The molecule has 0 fully saturated rings. The maximum atomic E-state index is 12.5. The van der Waals surface area contributed by atoms with Crippen LogP contribution in [0.2, 0.25) is 0 Å². The summed E-state index contributed by atoms with van der Waals surface area (Å²) in [6, 6.07) is 8.95. The Labute approximate surface area is 141 Å². The number of carbonyl (C=O) groups is 1. The number of rotatable bonds is 7. The lowest BCUT2D eigenvalue weighted by Crippen LogP contribution is -2.25. The number of ketones is 1. The smallest absolute Gasteiger partial charge is 0.163 e. The molecule has 126 valence electrons. The Hall–Kier alpha value is -1.41. The first-order valence-electron chi connectivity index (χ1n) is 8.83. The predicted molar refractivity (Wildman–Crippen MR) is 97.8 cm³/mol. The molecule has 0 saturated carbocycles. The first-order valence-corrected chi connectivity index (χ1v) is 8.83. The van der Waals surface area contributed by atoms with E-state index < -0.39 is 0 Å². The molecule has 0 aromatic heterocycles. The summed E-state index contributed by atoms with van der Waals surface area (Å²) in [5.41, 5.74) is 3.77. The van der Waals surface area contributed by atoms with Gasteiger partial charge in [-0.1, -0.05) is 51.1 Å². The van der Waals surface area contributed by atoms with Crippen LogP contribution in [0.1, 0.15) is 50.7 Å². The molecule has 0 N–H and O–H groups in total. The van der Waals surface area contributed by atoms with Crippen LogP contribution in [-0.2, 0) is 11.2 Å². The molecule has 0 aliphatic heterocycles. The molecule has 1 aliphatic rings. The zero-order chi connectivity index (χ0) is 17.0. The number of benzene rings is 1. The quantitative estimate of drug-likeness (QED) is 0.741. The van der Waals surface area contributed by atoms with Crippen molar-refractivity contribution in [3.8, 4) is 0 Å². The molecule has 2 heteroatoms. The minimum atomic E-state index is 0.167. The highest BCUT2D eigenvalue weighted by Gasteiger charge is 2.28. The molecule has 2 nitrogen and oxygen atoms in total. The molecule has 0 heterocycles. The van der Waals surface area contributed by atoms with Gasteiger partial charge in [-0.2, -0.15) is 0 Å². The Morgan fingerprint density at radius 1 is 1.09 bits per heavy atom. The molecule has 2 rings (SSSR count). The van der Waals surface area contributed by atoms with E-state index in [4.69, 9.17) is 0 Å². The van der Waals surface area contributed by atoms with Crippen LogP contribution in [-0.4, -0.2) is 31.3 Å². The molecular weight excluding hydrogens is 282 g/mol. The largest absolute Gasteiger partial charge is 0.309 e. The normalized spacial score (nSPS) is 19.5. The fourth-order valence-corrected chi connectivity index (χ4v) is 3.44. The molecule has 2 atom stereocenters. The fourth-order valence-electron chi connectivity index (χ4n) is 3.44. The number of nitrogens with zero attached hydrogens (tertiary/aromatic N) is 1. The van der Waals surface area contributed by atoms with E-state index in [1.165, 1.54) is 11.1 Å². The second-order valence-electron chi connectivity index (χ2n) is 7.73. The summed E-state index contributed by atoms with van der Waals surface area (Å²) in [7, 11) is 4.07. The van der Waals surface area contributed by atoms with Crippen molar-refractivity contribution in [1.29, 1.82) is 0 Å². The summed E-state index contributed by atoms with van der Waals surface area (Å²) in [6.45, 7) is 7.58. The van der Waals surface area contributed by atoms with E-state index in [9.17, 15) is 4.79 Å². The Bertz CT molecular complexity index is 554. The van der Waals surface area contributed by atoms with Gasteiger partial charge in [0.15, 0.2) is 5.78 Å². The van der Waals surface area contributed by atoms with Crippen molar-refractivity contribution in [2.45, 2.75) is 46.0 Å². The van der Waals surface area contributed by atoms with E-state index in [-0.39, 0.29) is 5.92 Å². The lowest BCUT2D eigenvalue weighted by molar-refractivity contribution is -0.118. The minimum Gasteiger partial charge on any atom is -0.309 e. The zero-order valence-electron chi connectivity index (χ0n) is 15.3. The summed E-state index contributed by atoms with van der Waals surface area (Å²) in [5.74, 6) is 1.62. The molecule has 0 amide bonds. The summed E-state index contributed by atoms with van der Waals surface area (Å²) in [4.78, 5) is 14.6. The third kappa shape index (κ3) is 5.04. The van der Waals surface area contributed by atoms with E-state index in [2.05, 4.69) is 56.0 Å². The minimum absolute atomic E-state index is 0.167. The molecule has 0 spiro atoms. The topological polar surface area (TPSA) is 20.3 Å². The van der Waals surface area contributed by atoms with Crippen LogP contribution in [0.4, 0.5) is 0 Å². The third-order valence-electron chi connectivity index (χ3n) is 4.64. The molecule has 0 radical (unpaired) electrons. The molecule has 1 aromatic carbocycles. The van der Waals surface area contributed by atoms with Crippen molar-refractivity contribution in [3.63, 3.8) is 0 Å². The van der Waals surface area contributed by atoms with Crippen molar-refractivity contribution in [2.24, 2.45) is 11.8 Å². The third-order valence-corrected chi connectivity index (χ3v) is 4.64. The maximum absolute atomic E-state index is 12.5. The Morgan fingerprint density at radius 2 is 1.74 bits per heavy atom. The van der Waals surface area contributed by atoms with Gasteiger partial charge >= 0.3 is 0 Å². The van der Waals surface area contributed by atoms with Crippen molar-refractivity contribution in [3.05, 3.63) is 47.0 Å². The zero-order valence-corrected chi connectivity index (χ0v) is 15.3. The summed E-state index contributed by atoms with van der Waals surface area (Å²) >= 11 is 0. The molecule has 1 aliphatic carbocycles.